The number of hydrogen-bond donors (Lipinski definition) is 1. The van der Waals surface area contributed by atoms with E-state index in [2.05, 4.69) is 24.9 Å². The highest BCUT2D eigenvalue weighted by Gasteiger charge is 2.33. The molecule has 1 N–H and O–H groups in total. The lowest BCUT2D eigenvalue weighted by Gasteiger charge is -2.35. The van der Waals surface area contributed by atoms with E-state index in [0.717, 1.165) is 13.0 Å². The minimum absolute atomic E-state index is 0. The number of phenols is 1. The van der Waals surface area contributed by atoms with Crippen LogP contribution >= 0.6 is 17.0 Å². The van der Waals surface area contributed by atoms with Crippen molar-refractivity contribution < 1.29 is 5.11 Å². The standard InChI is InChI=1S/C15H23NO.BrH/c1-3-15(9-4-5-10-16(2)12-15)13-7-6-8-14(17)11-13;/h6-8,11,17H,3-5,9-10,12H2,1-2H3;1H. The molecule has 0 aliphatic carbocycles. The minimum atomic E-state index is 0. The zero-order valence-corrected chi connectivity index (χ0v) is 13.1. The highest BCUT2D eigenvalue weighted by atomic mass is 79.9. The Morgan fingerprint density at radius 2 is 2.11 bits per heavy atom. The molecule has 0 radical (unpaired) electrons. The molecule has 102 valence electrons. The van der Waals surface area contributed by atoms with E-state index in [1.807, 2.05) is 12.1 Å². The molecular formula is C15H24BrNO. The van der Waals surface area contributed by atoms with Gasteiger partial charge in [0.05, 0.1) is 0 Å². The number of nitrogens with zero attached hydrogens (tertiary/aromatic N) is 1. The van der Waals surface area contributed by atoms with Gasteiger partial charge in [0.15, 0.2) is 0 Å². The van der Waals surface area contributed by atoms with Gasteiger partial charge in [-0.2, -0.15) is 0 Å². The predicted octanol–water partition coefficient (Wildman–Crippen LogP) is 3.73. The van der Waals surface area contributed by atoms with Crippen LogP contribution in [0.2, 0.25) is 0 Å². The Balaban J connectivity index is 0.00000162. The van der Waals surface area contributed by atoms with Crippen LogP contribution in [0.5, 0.6) is 5.75 Å². The Morgan fingerprint density at radius 1 is 1.33 bits per heavy atom. The highest BCUT2D eigenvalue weighted by molar-refractivity contribution is 8.93. The fourth-order valence-corrected chi connectivity index (χ4v) is 3.08. The van der Waals surface area contributed by atoms with Crippen molar-refractivity contribution in [3.05, 3.63) is 29.8 Å². The Morgan fingerprint density at radius 3 is 2.78 bits per heavy atom. The third-order valence-electron chi connectivity index (χ3n) is 4.15. The van der Waals surface area contributed by atoms with Crippen molar-refractivity contribution in [1.82, 2.24) is 4.90 Å². The molecule has 0 saturated carbocycles. The summed E-state index contributed by atoms with van der Waals surface area (Å²) < 4.78 is 0. The summed E-state index contributed by atoms with van der Waals surface area (Å²) in [6, 6.07) is 7.84. The van der Waals surface area contributed by atoms with Gasteiger partial charge in [0.2, 0.25) is 0 Å². The maximum absolute atomic E-state index is 9.68. The molecule has 2 rings (SSSR count). The average molecular weight is 314 g/mol. The number of halogens is 1. The van der Waals surface area contributed by atoms with Gasteiger partial charge >= 0.3 is 0 Å². The first-order valence-electron chi connectivity index (χ1n) is 6.64. The minimum Gasteiger partial charge on any atom is -0.508 e. The van der Waals surface area contributed by atoms with Gasteiger partial charge in [0, 0.05) is 12.0 Å². The van der Waals surface area contributed by atoms with E-state index >= 15 is 0 Å². The van der Waals surface area contributed by atoms with E-state index in [4.69, 9.17) is 0 Å². The lowest BCUT2D eigenvalue weighted by Crippen LogP contribution is -2.37. The number of likely N-dealkylation sites (tertiary alicyclic amines) is 1. The second-order valence-electron chi connectivity index (χ2n) is 5.38. The van der Waals surface area contributed by atoms with E-state index < -0.39 is 0 Å². The number of benzene rings is 1. The van der Waals surface area contributed by atoms with Crippen LogP contribution in [0, 0.1) is 0 Å². The van der Waals surface area contributed by atoms with Gasteiger partial charge in [-0.1, -0.05) is 25.5 Å². The number of phenolic OH excluding ortho intramolecular Hbond substituents is 1. The fraction of sp³-hybridized carbons (Fsp3) is 0.600. The molecule has 0 bridgehead atoms. The van der Waals surface area contributed by atoms with Crippen molar-refractivity contribution in [2.24, 2.45) is 0 Å². The number of hydrogen-bond acceptors (Lipinski definition) is 2. The molecule has 1 fully saturated rings. The largest absolute Gasteiger partial charge is 0.508 e. The van der Waals surface area contributed by atoms with Crippen molar-refractivity contribution in [3.63, 3.8) is 0 Å². The lowest BCUT2D eigenvalue weighted by atomic mass is 9.74. The fourth-order valence-electron chi connectivity index (χ4n) is 3.08. The van der Waals surface area contributed by atoms with Crippen LogP contribution < -0.4 is 0 Å². The van der Waals surface area contributed by atoms with Crippen LogP contribution in [-0.4, -0.2) is 30.1 Å². The van der Waals surface area contributed by atoms with Gasteiger partial charge < -0.3 is 10.0 Å². The van der Waals surface area contributed by atoms with Crippen LogP contribution in [0.4, 0.5) is 0 Å². The van der Waals surface area contributed by atoms with Crippen molar-refractivity contribution >= 4 is 17.0 Å². The molecule has 1 aromatic rings. The molecule has 3 heteroatoms. The summed E-state index contributed by atoms with van der Waals surface area (Å²) in [6.45, 7) is 4.57. The maximum Gasteiger partial charge on any atom is 0.115 e. The molecule has 18 heavy (non-hydrogen) atoms. The van der Waals surface area contributed by atoms with Crippen molar-refractivity contribution in [2.45, 2.75) is 38.0 Å². The molecule has 1 heterocycles. The van der Waals surface area contributed by atoms with Crippen LogP contribution in [0.25, 0.3) is 0 Å². The summed E-state index contributed by atoms with van der Waals surface area (Å²) >= 11 is 0. The Labute approximate surface area is 121 Å². The topological polar surface area (TPSA) is 23.5 Å². The molecule has 0 aromatic heterocycles. The Kier molecular flexibility index (Phi) is 5.67. The van der Waals surface area contributed by atoms with E-state index in [9.17, 15) is 5.11 Å². The van der Waals surface area contributed by atoms with Crippen LogP contribution in [0.1, 0.15) is 38.2 Å². The monoisotopic (exact) mass is 313 g/mol. The molecule has 0 amide bonds. The van der Waals surface area contributed by atoms with E-state index in [-0.39, 0.29) is 22.4 Å². The zero-order valence-electron chi connectivity index (χ0n) is 11.4. The number of rotatable bonds is 2. The normalized spacial score (nSPS) is 25.2. The van der Waals surface area contributed by atoms with Crippen LogP contribution in [-0.2, 0) is 5.41 Å². The first kappa shape index (κ1) is 15.5. The highest BCUT2D eigenvalue weighted by Crippen LogP contribution is 2.37. The van der Waals surface area contributed by atoms with Gasteiger partial charge in [-0.25, -0.2) is 0 Å². The Bertz CT molecular complexity index is 383. The predicted molar refractivity (Wildman–Crippen MR) is 81.7 cm³/mol. The molecule has 2 nitrogen and oxygen atoms in total. The molecule has 0 spiro atoms. The average Bonchev–Trinajstić information content (AvgIpc) is 2.52. The molecule has 1 aliphatic heterocycles. The van der Waals surface area contributed by atoms with Gasteiger partial charge in [-0.15, -0.1) is 17.0 Å². The number of aromatic hydroxyl groups is 1. The second-order valence-corrected chi connectivity index (χ2v) is 5.38. The third-order valence-corrected chi connectivity index (χ3v) is 4.15. The second kappa shape index (κ2) is 6.58. The quantitative estimate of drug-likeness (QED) is 0.899. The molecule has 1 saturated heterocycles. The summed E-state index contributed by atoms with van der Waals surface area (Å²) in [5, 5.41) is 9.68. The van der Waals surface area contributed by atoms with Gasteiger partial charge in [0.25, 0.3) is 0 Å². The summed E-state index contributed by atoms with van der Waals surface area (Å²) in [5.41, 5.74) is 1.53. The summed E-state index contributed by atoms with van der Waals surface area (Å²) in [5.74, 6) is 0.391. The lowest BCUT2D eigenvalue weighted by molar-refractivity contribution is 0.256. The van der Waals surface area contributed by atoms with Crippen LogP contribution in [0.3, 0.4) is 0 Å². The maximum atomic E-state index is 9.68. The Hall–Kier alpha value is -0.540. The molecule has 1 aliphatic rings. The molecule has 1 unspecified atom stereocenters. The third kappa shape index (κ3) is 3.27. The first-order chi connectivity index (χ1) is 8.16. The smallest absolute Gasteiger partial charge is 0.115 e. The van der Waals surface area contributed by atoms with Gasteiger partial charge in [-0.3, -0.25) is 0 Å². The summed E-state index contributed by atoms with van der Waals surface area (Å²) in [6.07, 6.45) is 4.95. The number of likely N-dealkylation sites (N-methyl/N-ethyl adjacent to an activating group) is 1. The summed E-state index contributed by atoms with van der Waals surface area (Å²) in [7, 11) is 2.21. The molecular weight excluding hydrogens is 290 g/mol. The molecule has 1 aromatic carbocycles. The van der Waals surface area contributed by atoms with Gasteiger partial charge in [0.1, 0.15) is 5.75 Å². The van der Waals surface area contributed by atoms with Crippen LogP contribution in [0.15, 0.2) is 24.3 Å². The van der Waals surface area contributed by atoms with Crippen molar-refractivity contribution in [2.75, 3.05) is 20.1 Å². The van der Waals surface area contributed by atoms with E-state index in [1.54, 1.807) is 6.07 Å². The van der Waals surface area contributed by atoms with E-state index in [0.29, 0.717) is 5.75 Å². The summed E-state index contributed by atoms with van der Waals surface area (Å²) in [4.78, 5) is 2.43. The van der Waals surface area contributed by atoms with Crippen molar-refractivity contribution in [1.29, 1.82) is 0 Å². The van der Waals surface area contributed by atoms with E-state index in [1.165, 1.54) is 31.4 Å². The SMILES string of the molecule is Br.CCC1(c2cccc(O)c2)CCCCN(C)C1. The van der Waals surface area contributed by atoms with Crippen molar-refractivity contribution in [3.8, 4) is 5.75 Å². The molecule has 1 atom stereocenters. The first-order valence-corrected chi connectivity index (χ1v) is 6.64. The zero-order chi connectivity index (χ0) is 12.3. The van der Waals surface area contributed by atoms with Gasteiger partial charge in [-0.05, 0) is 50.6 Å².